The summed E-state index contributed by atoms with van der Waals surface area (Å²) in [5.41, 5.74) is 11.4. The largest absolute Gasteiger partial charge is 0.332 e. The summed E-state index contributed by atoms with van der Waals surface area (Å²) in [7, 11) is 1.59. The van der Waals surface area contributed by atoms with E-state index in [9.17, 15) is 9.59 Å². The monoisotopic (exact) mass is 434 g/mol. The zero-order chi connectivity index (χ0) is 18.9. The minimum absolute atomic E-state index is 0. The lowest BCUT2D eigenvalue weighted by Crippen LogP contribution is -2.55. The van der Waals surface area contributed by atoms with Crippen molar-refractivity contribution in [2.24, 2.45) is 16.5 Å². The van der Waals surface area contributed by atoms with E-state index in [1.54, 1.807) is 25.5 Å². The van der Waals surface area contributed by atoms with E-state index in [1.807, 2.05) is 0 Å². The predicted octanol–water partition coefficient (Wildman–Crippen LogP) is -0.109. The molecule has 1 aromatic heterocycles. The molecule has 1 unspecified atom stereocenters. The fourth-order valence-corrected chi connectivity index (χ4v) is 2.53. The fraction of sp³-hybridized carbons (Fsp3) is 0.562. The molecule has 0 bridgehead atoms. The minimum atomic E-state index is -0.666. The summed E-state index contributed by atoms with van der Waals surface area (Å²) >= 11 is 0. The molecule has 12 heteroatoms. The van der Waals surface area contributed by atoms with Crippen LogP contribution in [0.25, 0.3) is 0 Å². The number of rotatable bonds is 8. The van der Waals surface area contributed by atoms with Crippen LogP contribution in [0.1, 0.15) is 25.7 Å². The normalized spacial score (nSPS) is 16.6. The number of hydrogen-bond acceptors (Lipinski definition) is 8. The Kier molecular flexibility index (Phi) is 12.3. The van der Waals surface area contributed by atoms with Gasteiger partial charge >= 0.3 is 0 Å². The molecule has 28 heavy (non-hydrogen) atoms. The summed E-state index contributed by atoms with van der Waals surface area (Å²) in [4.78, 5) is 38.3. The van der Waals surface area contributed by atoms with Gasteiger partial charge in [0.25, 0.3) is 5.91 Å². The van der Waals surface area contributed by atoms with Crippen LogP contribution in [0.15, 0.2) is 23.5 Å². The van der Waals surface area contributed by atoms with Crippen molar-refractivity contribution in [3.63, 3.8) is 0 Å². The third-order valence-corrected chi connectivity index (χ3v) is 4.09. The second-order valence-electron chi connectivity index (χ2n) is 6.15. The van der Waals surface area contributed by atoms with Crippen molar-refractivity contribution < 1.29 is 9.59 Å². The molecule has 1 aromatic rings. The zero-order valence-electron chi connectivity index (χ0n) is 15.7. The van der Waals surface area contributed by atoms with Crippen LogP contribution in [0.2, 0.25) is 0 Å². The first-order valence-electron chi connectivity index (χ1n) is 8.62. The Morgan fingerprint density at radius 3 is 2.64 bits per heavy atom. The summed E-state index contributed by atoms with van der Waals surface area (Å²) in [6, 6.07) is 0.782. The minimum Gasteiger partial charge on any atom is -0.332 e. The van der Waals surface area contributed by atoms with Crippen LogP contribution >= 0.6 is 24.8 Å². The smallest absolute Gasteiger partial charge is 0.251 e. The van der Waals surface area contributed by atoms with Crippen LogP contribution < -0.4 is 22.1 Å². The van der Waals surface area contributed by atoms with Crippen molar-refractivity contribution in [1.82, 2.24) is 20.2 Å². The standard InChI is InChI=1S/C16H26N8O2.2ClH/c1-24(13(25)9-11(18)5-2-3-6-17)12-10-21-16(22-14(12)26)23-15-19-7-4-8-20-15;;/h4,7-8,11-12H,2-3,5-6,9-10,17-18H2,1H3,(H2,19,20,21,22,23,26);2*1H/t11-,12?;;/m0../s1. The lowest BCUT2D eigenvalue weighted by atomic mass is 10.1. The van der Waals surface area contributed by atoms with Crippen LogP contribution in [0.3, 0.4) is 0 Å². The molecule has 0 aromatic carbocycles. The van der Waals surface area contributed by atoms with Gasteiger partial charge in [0.05, 0.1) is 6.54 Å². The quantitative estimate of drug-likeness (QED) is 0.416. The molecule has 2 heterocycles. The molecule has 2 amide bonds. The number of hydrogen-bond donors (Lipinski definition) is 4. The molecular formula is C16H28Cl2N8O2. The predicted molar refractivity (Wildman–Crippen MR) is 113 cm³/mol. The highest BCUT2D eigenvalue weighted by Crippen LogP contribution is 2.09. The number of nitrogens with two attached hydrogens (primary N) is 2. The maximum Gasteiger partial charge on any atom is 0.251 e. The maximum absolute atomic E-state index is 12.4. The molecule has 0 saturated carbocycles. The van der Waals surface area contributed by atoms with Crippen molar-refractivity contribution in [2.75, 3.05) is 25.5 Å². The average Bonchev–Trinajstić information content (AvgIpc) is 2.62. The summed E-state index contributed by atoms with van der Waals surface area (Å²) in [6.45, 7) is 0.775. The highest BCUT2D eigenvalue weighted by Gasteiger charge is 2.31. The molecule has 1 aliphatic heterocycles. The van der Waals surface area contributed by atoms with Gasteiger partial charge in [-0.15, -0.1) is 24.8 Å². The molecule has 0 radical (unpaired) electrons. The number of anilines is 1. The summed E-state index contributed by atoms with van der Waals surface area (Å²) in [6.07, 6.45) is 5.85. The van der Waals surface area contributed by atoms with Gasteiger partial charge in [0.15, 0.2) is 0 Å². The van der Waals surface area contributed by atoms with E-state index in [0.717, 1.165) is 19.3 Å². The van der Waals surface area contributed by atoms with E-state index >= 15 is 0 Å². The number of nitrogens with one attached hydrogen (secondary N) is 2. The number of aliphatic imine (C=N–C) groups is 1. The number of halogens is 2. The van der Waals surface area contributed by atoms with E-state index in [-0.39, 0.29) is 61.6 Å². The van der Waals surface area contributed by atoms with Crippen LogP contribution in [-0.2, 0) is 9.59 Å². The highest BCUT2D eigenvalue weighted by atomic mass is 35.5. The van der Waals surface area contributed by atoms with Gasteiger partial charge in [-0.3, -0.25) is 20.2 Å². The van der Waals surface area contributed by atoms with Crippen molar-refractivity contribution in [3.05, 3.63) is 18.5 Å². The van der Waals surface area contributed by atoms with Crippen molar-refractivity contribution in [3.8, 4) is 0 Å². The number of nitrogens with zero attached hydrogens (tertiary/aromatic N) is 4. The molecule has 10 nitrogen and oxygen atoms in total. The van der Waals surface area contributed by atoms with Gasteiger partial charge in [-0.05, 0) is 25.5 Å². The Labute approximate surface area is 176 Å². The molecule has 0 spiro atoms. The Morgan fingerprint density at radius 1 is 1.36 bits per heavy atom. The fourth-order valence-electron chi connectivity index (χ4n) is 2.53. The van der Waals surface area contributed by atoms with Gasteiger partial charge < -0.3 is 16.4 Å². The Bertz CT molecular complexity index is 647. The van der Waals surface area contributed by atoms with Crippen molar-refractivity contribution in [2.45, 2.75) is 37.8 Å². The average molecular weight is 435 g/mol. The van der Waals surface area contributed by atoms with E-state index in [0.29, 0.717) is 12.5 Å². The Balaban J connectivity index is 0.00000364. The summed E-state index contributed by atoms with van der Waals surface area (Å²) < 4.78 is 0. The van der Waals surface area contributed by atoms with E-state index in [1.165, 1.54) is 4.90 Å². The third kappa shape index (κ3) is 7.93. The van der Waals surface area contributed by atoms with Gasteiger partial charge in [-0.25, -0.2) is 15.0 Å². The van der Waals surface area contributed by atoms with Gasteiger partial charge in [-0.1, -0.05) is 6.42 Å². The number of amides is 2. The summed E-state index contributed by atoms with van der Waals surface area (Å²) in [5.74, 6) is 0.101. The molecule has 0 saturated heterocycles. The second-order valence-corrected chi connectivity index (χ2v) is 6.15. The molecule has 6 N–H and O–H groups in total. The van der Waals surface area contributed by atoms with Crippen molar-refractivity contribution in [1.29, 1.82) is 0 Å². The first kappa shape index (κ1) is 26.0. The second kappa shape index (κ2) is 13.2. The summed E-state index contributed by atoms with van der Waals surface area (Å²) in [5, 5.41) is 5.45. The highest BCUT2D eigenvalue weighted by molar-refractivity contribution is 6.07. The van der Waals surface area contributed by atoms with Gasteiger partial charge in [-0.2, -0.15) is 0 Å². The SMILES string of the molecule is CN(C(=O)C[C@@H](N)CCCCN)C1CN=C(Nc2ncccn2)NC1=O.Cl.Cl. The van der Waals surface area contributed by atoms with E-state index in [4.69, 9.17) is 11.5 Å². The molecular weight excluding hydrogens is 407 g/mol. The molecule has 2 rings (SSSR count). The topological polar surface area (TPSA) is 152 Å². The number of guanidine groups is 1. The van der Waals surface area contributed by atoms with Crippen LogP contribution in [0, 0.1) is 0 Å². The first-order valence-corrected chi connectivity index (χ1v) is 8.62. The lowest BCUT2D eigenvalue weighted by molar-refractivity contribution is -0.138. The van der Waals surface area contributed by atoms with Crippen molar-refractivity contribution >= 4 is 48.5 Å². The number of unbranched alkanes of at least 4 members (excludes halogenated alkanes) is 1. The number of carbonyl (C=O) groups excluding carboxylic acids is 2. The Morgan fingerprint density at radius 2 is 2.04 bits per heavy atom. The maximum atomic E-state index is 12.4. The van der Waals surface area contributed by atoms with E-state index < -0.39 is 6.04 Å². The van der Waals surface area contributed by atoms with Crippen LogP contribution in [0.4, 0.5) is 5.95 Å². The molecule has 1 aliphatic rings. The number of likely N-dealkylation sites (N-methyl/N-ethyl adjacent to an activating group) is 1. The van der Waals surface area contributed by atoms with Crippen LogP contribution in [0.5, 0.6) is 0 Å². The molecule has 0 fully saturated rings. The third-order valence-electron chi connectivity index (χ3n) is 4.09. The van der Waals surface area contributed by atoms with Gasteiger partial charge in [0.2, 0.25) is 17.8 Å². The lowest BCUT2D eigenvalue weighted by Gasteiger charge is -2.30. The molecule has 158 valence electrons. The molecule has 0 aliphatic carbocycles. The number of aromatic nitrogens is 2. The molecule has 2 atom stereocenters. The Hall–Kier alpha value is -2.01. The van der Waals surface area contributed by atoms with Gasteiger partial charge in [0, 0.05) is 31.9 Å². The van der Waals surface area contributed by atoms with Crippen LogP contribution in [-0.4, -0.2) is 64.9 Å². The van der Waals surface area contributed by atoms with E-state index in [2.05, 4.69) is 25.6 Å². The zero-order valence-corrected chi connectivity index (χ0v) is 17.3. The first-order chi connectivity index (χ1) is 12.5. The number of carbonyl (C=O) groups is 2. The van der Waals surface area contributed by atoms with Gasteiger partial charge in [0.1, 0.15) is 6.04 Å².